The van der Waals surface area contributed by atoms with E-state index in [0.717, 1.165) is 43.4 Å². The quantitative estimate of drug-likeness (QED) is 0.719. The molecule has 3 heterocycles. The van der Waals surface area contributed by atoms with Gasteiger partial charge >= 0.3 is 0 Å². The Morgan fingerprint density at radius 1 is 1.41 bits per heavy atom. The molecule has 27 heavy (non-hydrogen) atoms. The Kier molecular flexibility index (Phi) is 5.02. The van der Waals surface area contributed by atoms with Crippen LogP contribution >= 0.6 is 11.3 Å². The molecule has 1 aromatic carbocycles. The standard InChI is InChI=1S/C21H25N3O2S/c1-3-10-24-11-8-21(20(24)25)15-23(14-18(21)19-22-9-12-27-19)13-16-4-6-17(26-2)7-5-16/h3-7,9,12,18H,1,8,10-11,13-15H2,2H3/t18-,21-/m0/s1. The van der Waals surface area contributed by atoms with Crippen molar-refractivity contribution in [1.29, 1.82) is 0 Å². The Labute approximate surface area is 164 Å². The number of benzene rings is 1. The molecule has 4 rings (SSSR count). The highest BCUT2D eigenvalue weighted by Crippen LogP contribution is 2.50. The Balaban J connectivity index is 1.58. The summed E-state index contributed by atoms with van der Waals surface area (Å²) in [6.45, 7) is 7.73. The molecular weight excluding hydrogens is 358 g/mol. The van der Waals surface area contributed by atoms with E-state index in [4.69, 9.17) is 4.74 Å². The number of likely N-dealkylation sites (tertiary alicyclic amines) is 2. The number of methoxy groups -OCH3 is 1. The summed E-state index contributed by atoms with van der Waals surface area (Å²) >= 11 is 1.67. The van der Waals surface area contributed by atoms with Gasteiger partial charge in [-0.05, 0) is 24.1 Å². The van der Waals surface area contributed by atoms with Gasteiger partial charge in [0, 0.05) is 50.2 Å². The largest absolute Gasteiger partial charge is 0.497 e. The predicted molar refractivity (Wildman–Crippen MR) is 107 cm³/mol. The van der Waals surface area contributed by atoms with E-state index in [9.17, 15) is 4.79 Å². The minimum atomic E-state index is -0.354. The second-order valence-corrected chi connectivity index (χ2v) is 8.31. The highest BCUT2D eigenvalue weighted by Gasteiger charge is 2.57. The number of amides is 1. The number of carbonyl (C=O) groups is 1. The van der Waals surface area contributed by atoms with Gasteiger partial charge in [-0.3, -0.25) is 9.69 Å². The fraction of sp³-hybridized carbons (Fsp3) is 0.429. The zero-order valence-corrected chi connectivity index (χ0v) is 16.5. The van der Waals surface area contributed by atoms with E-state index in [0.29, 0.717) is 6.54 Å². The molecule has 1 spiro atoms. The molecule has 2 aliphatic rings. The number of ether oxygens (including phenoxy) is 1. The van der Waals surface area contributed by atoms with Crippen molar-refractivity contribution in [2.45, 2.75) is 18.9 Å². The first-order chi connectivity index (χ1) is 13.2. The fourth-order valence-electron chi connectivity index (χ4n) is 4.50. The third kappa shape index (κ3) is 3.28. The Bertz CT molecular complexity index is 805. The maximum absolute atomic E-state index is 13.3. The first-order valence-corrected chi connectivity index (χ1v) is 10.2. The molecule has 0 aliphatic carbocycles. The number of hydrogen-bond acceptors (Lipinski definition) is 5. The van der Waals surface area contributed by atoms with Crippen LogP contribution in [0, 0.1) is 5.41 Å². The zero-order valence-electron chi connectivity index (χ0n) is 15.6. The van der Waals surface area contributed by atoms with Crippen molar-refractivity contribution in [2.75, 3.05) is 33.3 Å². The highest BCUT2D eigenvalue weighted by atomic mass is 32.1. The lowest BCUT2D eigenvalue weighted by Crippen LogP contribution is -2.39. The van der Waals surface area contributed by atoms with Crippen LogP contribution in [-0.4, -0.2) is 54.0 Å². The van der Waals surface area contributed by atoms with E-state index in [2.05, 4.69) is 28.6 Å². The minimum Gasteiger partial charge on any atom is -0.497 e. The van der Waals surface area contributed by atoms with E-state index in [1.54, 1.807) is 18.4 Å². The molecular formula is C21H25N3O2S. The molecule has 0 N–H and O–H groups in total. The average molecular weight is 384 g/mol. The molecule has 2 fully saturated rings. The van der Waals surface area contributed by atoms with Crippen LogP contribution in [0.5, 0.6) is 5.75 Å². The van der Waals surface area contributed by atoms with Crippen LogP contribution in [0.15, 0.2) is 48.5 Å². The van der Waals surface area contributed by atoms with Crippen LogP contribution in [0.25, 0.3) is 0 Å². The maximum atomic E-state index is 13.3. The van der Waals surface area contributed by atoms with E-state index in [-0.39, 0.29) is 17.2 Å². The number of aromatic nitrogens is 1. The summed E-state index contributed by atoms with van der Waals surface area (Å²) in [5.41, 5.74) is 0.881. The molecule has 0 unspecified atom stereocenters. The lowest BCUT2D eigenvalue weighted by molar-refractivity contribution is -0.135. The van der Waals surface area contributed by atoms with Gasteiger partial charge in [0.1, 0.15) is 5.75 Å². The van der Waals surface area contributed by atoms with Crippen molar-refractivity contribution < 1.29 is 9.53 Å². The van der Waals surface area contributed by atoms with Crippen molar-refractivity contribution in [3.63, 3.8) is 0 Å². The average Bonchev–Trinajstić information content (AvgIpc) is 3.39. The van der Waals surface area contributed by atoms with E-state index in [1.807, 2.05) is 34.7 Å². The van der Waals surface area contributed by atoms with Crippen LogP contribution < -0.4 is 4.74 Å². The summed E-state index contributed by atoms with van der Waals surface area (Å²) in [7, 11) is 1.68. The normalized spacial score (nSPS) is 25.4. The highest BCUT2D eigenvalue weighted by molar-refractivity contribution is 7.09. The second-order valence-electron chi connectivity index (χ2n) is 7.39. The van der Waals surface area contributed by atoms with Crippen LogP contribution in [0.2, 0.25) is 0 Å². The molecule has 0 saturated carbocycles. The molecule has 2 aliphatic heterocycles. The van der Waals surface area contributed by atoms with Gasteiger partial charge < -0.3 is 9.64 Å². The molecule has 0 bridgehead atoms. The summed E-state index contributed by atoms with van der Waals surface area (Å²) in [4.78, 5) is 22.2. The van der Waals surface area contributed by atoms with E-state index >= 15 is 0 Å². The van der Waals surface area contributed by atoms with Gasteiger partial charge in [0.15, 0.2) is 0 Å². The molecule has 0 radical (unpaired) electrons. The van der Waals surface area contributed by atoms with Crippen LogP contribution in [0.4, 0.5) is 0 Å². The first kappa shape index (κ1) is 18.2. The van der Waals surface area contributed by atoms with Crippen LogP contribution in [0.3, 0.4) is 0 Å². The number of carbonyl (C=O) groups excluding carboxylic acids is 1. The molecule has 142 valence electrons. The van der Waals surface area contributed by atoms with E-state index < -0.39 is 0 Å². The van der Waals surface area contributed by atoms with Gasteiger partial charge in [-0.15, -0.1) is 17.9 Å². The lowest BCUT2D eigenvalue weighted by Gasteiger charge is -2.27. The van der Waals surface area contributed by atoms with E-state index in [1.165, 1.54) is 5.56 Å². The third-order valence-corrected chi connectivity index (χ3v) is 6.71. The van der Waals surface area contributed by atoms with Gasteiger partial charge in [0.05, 0.1) is 17.5 Å². The molecule has 2 atom stereocenters. The van der Waals surface area contributed by atoms with Gasteiger partial charge in [0.25, 0.3) is 0 Å². The second kappa shape index (κ2) is 7.44. The summed E-state index contributed by atoms with van der Waals surface area (Å²) < 4.78 is 5.25. The summed E-state index contributed by atoms with van der Waals surface area (Å²) in [6.07, 6.45) is 4.56. The Hall–Kier alpha value is -2.18. The topological polar surface area (TPSA) is 45.7 Å². The SMILES string of the molecule is C=CCN1CC[C@@]2(CN(Cc3ccc(OC)cc3)C[C@H]2c2nccs2)C1=O. The molecule has 2 aromatic rings. The van der Waals surface area contributed by atoms with Gasteiger partial charge in [-0.1, -0.05) is 18.2 Å². The van der Waals surface area contributed by atoms with Gasteiger partial charge in [0.2, 0.25) is 5.91 Å². The molecule has 1 amide bonds. The molecule has 5 nitrogen and oxygen atoms in total. The molecule has 6 heteroatoms. The van der Waals surface area contributed by atoms with Crippen molar-refractivity contribution in [1.82, 2.24) is 14.8 Å². The predicted octanol–water partition coefficient (Wildman–Crippen LogP) is 3.16. The van der Waals surface area contributed by atoms with Gasteiger partial charge in [-0.2, -0.15) is 0 Å². The maximum Gasteiger partial charge on any atom is 0.231 e. The monoisotopic (exact) mass is 383 g/mol. The number of rotatable bonds is 6. The third-order valence-electron chi connectivity index (χ3n) is 5.82. The smallest absolute Gasteiger partial charge is 0.231 e. The first-order valence-electron chi connectivity index (χ1n) is 9.31. The van der Waals surface area contributed by atoms with Crippen LogP contribution in [-0.2, 0) is 11.3 Å². The minimum absolute atomic E-state index is 0.165. The van der Waals surface area contributed by atoms with Crippen molar-refractivity contribution in [3.8, 4) is 5.75 Å². The van der Waals surface area contributed by atoms with Crippen LogP contribution in [0.1, 0.15) is 22.9 Å². The van der Waals surface area contributed by atoms with Crippen molar-refractivity contribution in [3.05, 3.63) is 59.1 Å². The van der Waals surface area contributed by atoms with Gasteiger partial charge in [-0.25, -0.2) is 4.98 Å². The molecule has 2 saturated heterocycles. The summed E-state index contributed by atoms with van der Waals surface area (Å²) in [5, 5.41) is 3.09. The zero-order chi connectivity index (χ0) is 18.9. The number of hydrogen-bond donors (Lipinski definition) is 0. The lowest BCUT2D eigenvalue weighted by atomic mass is 9.77. The Morgan fingerprint density at radius 3 is 2.89 bits per heavy atom. The van der Waals surface area contributed by atoms with Crippen molar-refractivity contribution in [2.24, 2.45) is 5.41 Å². The summed E-state index contributed by atoms with van der Waals surface area (Å²) in [6, 6.07) is 8.18. The number of nitrogens with zero attached hydrogens (tertiary/aromatic N) is 3. The molecule has 1 aromatic heterocycles. The summed E-state index contributed by atoms with van der Waals surface area (Å²) in [5.74, 6) is 1.29. The number of thiazole rings is 1. The van der Waals surface area contributed by atoms with Crippen molar-refractivity contribution >= 4 is 17.2 Å². The fourth-order valence-corrected chi connectivity index (χ4v) is 5.34. The Morgan fingerprint density at radius 2 is 2.22 bits per heavy atom.